The molecule has 0 aromatic heterocycles. The van der Waals surface area contributed by atoms with Gasteiger partial charge in [0.15, 0.2) is 11.5 Å². The van der Waals surface area contributed by atoms with Crippen LogP contribution in [0.2, 0.25) is 0 Å². The molecule has 1 fully saturated rings. The number of carboxylic acids is 1. The number of aliphatic hydroxyl groups is 3. The number of nitrogens with one attached hydrogen (secondary N) is 1. The Balaban J connectivity index is 1.20. The number of hydrogen-bond acceptors (Lipinski definition) is 15. The number of fused-ring (bicyclic) bond motifs is 6. The average molecular weight is 696 g/mol. The van der Waals surface area contributed by atoms with Crippen LogP contribution in [0.4, 0.5) is 0 Å². The average Bonchev–Trinajstić information content (AvgIpc) is 3.80. The van der Waals surface area contributed by atoms with Crippen LogP contribution in [-0.2, 0) is 25.6 Å². The van der Waals surface area contributed by atoms with Crippen molar-refractivity contribution in [3.8, 4) is 28.7 Å². The first-order valence-electron chi connectivity index (χ1n) is 16.1. The number of nitrogens with two attached hydrogens (primary N) is 1. The van der Waals surface area contributed by atoms with Crippen molar-refractivity contribution in [3.05, 3.63) is 65.0 Å². The van der Waals surface area contributed by atoms with Crippen molar-refractivity contribution >= 4 is 17.7 Å². The first kappa shape index (κ1) is 33.8. The van der Waals surface area contributed by atoms with Gasteiger partial charge >= 0.3 is 5.97 Å². The zero-order valence-electron chi connectivity index (χ0n) is 27.1. The molecule has 5 aliphatic heterocycles. The van der Waals surface area contributed by atoms with Gasteiger partial charge in [-0.1, -0.05) is 6.07 Å². The summed E-state index contributed by atoms with van der Waals surface area (Å²) in [4.78, 5) is 28.5. The Morgan fingerprint density at radius 2 is 1.96 bits per heavy atom. The fourth-order valence-electron chi connectivity index (χ4n) is 7.12. The largest absolute Gasteiger partial charge is 0.550 e. The molecule has 16 heteroatoms. The molecule has 5 heterocycles. The molecule has 0 bridgehead atoms. The highest BCUT2D eigenvalue weighted by molar-refractivity contribution is 6.06. The van der Waals surface area contributed by atoms with Gasteiger partial charge < -0.3 is 64.1 Å². The summed E-state index contributed by atoms with van der Waals surface area (Å²) in [6.45, 7) is 1.00. The number of nitrogens with zero attached hydrogens (tertiary/aromatic N) is 1. The SMILES string of the molecule is COc1ccc2c(c1OC)OC1c3c(C[NH+]4C=C5C=CN=C5C4)cc(OC4OC(C(CN)OC(=O)CC(=O)[O-])C(O)C(O)C4O)cc3OCC21. The van der Waals surface area contributed by atoms with Gasteiger partial charge in [0, 0.05) is 35.5 Å². The number of allylic oxidation sites excluding steroid dienone is 1. The Morgan fingerprint density at radius 3 is 2.68 bits per heavy atom. The van der Waals surface area contributed by atoms with Crippen molar-refractivity contribution < 1.29 is 68.1 Å². The number of aliphatic hydroxyl groups excluding tert-OH is 3. The van der Waals surface area contributed by atoms with Gasteiger partial charge in [0.05, 0.1) is 44.7 Å². The van der Waals surface area contributed by atoms with Crippen LogP contribution in [0.1, 0.15) is 35.1 Å². The Bertz CT molecular complexity index is 1780. The van der Waals surface area contributed by atoms with Crippen LogP contribution in [-0.4, -0.2) is 104 Å². The van der Waals surface area contributed by atoms with Gasteiger partial charge in [-0.2, -0.15) is 0 Å². The van der Waals surface area contributed by atoms with Crippen molar-refractivity contribution in [1.29, 1.82) is 0 Å². The monoisotopic (exact) mass is 695 g/mol. The van der Waals surface area contributed by atoms with E-state index in [2.05, 4.69) is 11.2 Å². The van der Waals surface area contributed by atoms with Crippen LogP contribution in [0.5, 0.6) is 28.7 Å². The maximum Gasteiger partial charge on any atom is 0.311 e. The number of carbonyl (C=O) groups excluding carboxylic acids is 2. The Morgan fingerprint density at radius 1 is 1.14 bits per heavy atom. The number of ether oxygens (including phenoxy) is 7. The van der Waals surface area contributed by atoms with Crippen molar-refractivity contribution in [3.63, 3.8) is 0 Å². The van der Waals surface area contributed by atoms with Crippen molar-refractivity contribution in [2.24, 2.45) is 10.7 Å². The third-order valence-electron chi connectivity index (χ3n) is 9.46. The zero-order chi connectivity index (χ0) is 35.3. The van der Waals surface area contributed by atoms with Gasteiger partial charge in [0.2, 0.25) is 12.0 Å². The molecule has 6 N–H and O–H groups in total. The van der Waals surface area contributed by atoms with E-state index >= 15 is 0 Å². The molecule has 9 atom stereocenters. The third-order valence-corrected chi connectivity index (χ3v) is 9.46. The second-order valence-electron chi connectivity index (χ2n) is 12.5. The quantitative estimate of drug-likeness (QED) is 0.124. The Labute approximate surface area is 285 Å². The lowest BCUT2D eigenvalue weighted by atomic mass is 9.86. The molecule has 7 rings (SSSR count). The van der Waals surface area contributed by atoms with Crippen molar-refractivity contribution in [2.75, 3.05) is 33.9 Å². The Kier molecular flexibility index (Phi) is 9.15. The van der Waals surface area contributed by atoms with E-state index in [1.807, 2.05) is 18.2 Å². The number of aliphatic carboxylic acids is 1. The molecule has 2 aromatic rings. The van der Waals surface area contributed by atoms with Crippen LogP contribution in [0.3, 0.4) is 0 Å². The van der Waals surface area contributed by atoms with E-state index in [4.69, 9.17) is 38.9 Å². The fourth-order valence-corrected chi connectivity index (χ4v) is 7.12. The summed E-state index contributed by atoms with van der Waals surface area (Å²) in [5, 5.41) is 43.2. The highest BCUT2D eigenvalue weighted by Gasteiger charge is 2.49. The molecule has 0 amide bonds. The van der Waals surface area contributed by atoms with Crippen LogP contribution in [0, 0.1) is 0 Å². The summed E-state index contributed by atoms with van der Waals surface area (Å²) in [7, 11) is 3.11. The number of hydrogen-bond donors (Lipinski definition) is 5. The highest BCUT2D eigenvalue weighted by atomic mass is 16.7. The lowest BCUT2D eigenvalue weighted by Crippen LogP contribution is -3.05. The number of aliphatic imine (C=N–C) groups is 1. The third kappa shape index (κ3) is 6.03. The second-order valence-corrected chi connectivity index (χ2v) is 12.5. The number of benzene rings is 2. The second kappa shape index (κ2) is 13.5. The van der Waals surface area contributed by atoms with E-state index in [-0.39, 0.29) is 18.3 Å². The Hall–Kier alpha value is -4.71. The van der Waals surface area contributed by atoms with E-state index in [9.17, 15) is 30.0 Å². The smallest absolute Gasteiger partial charge is 0.311 e. The summed E-state index contributed by atoms with van der Waals surface area (Å²) >= 11 is 0. The maximum absolute atomic E-state index is 12.1. The number of quaternary nitrogens is 1. The van der Waals surface area contributed by atoms with Crippen LogP contribution < -0.4 is 39.4 Å². The summed E-state index contributed by atoms with van der Waals surface area (Å²) in [6.07, 6.45) is -5.41. The summed E-state index contributed by atoms with van der Waals surface area (Å²) in [5.41, 5.74) is 10.3. The van der Waals surface area contributed by atoms with Crippen molar-refractivity contribution in [2.45, 2.75) is 61.8 Å². The predicted molar refractivity (Wildman–Crippen MR) is 168 cm³/mol. The van der Waals surface area contributed by atoms with E-state index < -0.39 is 67.8 Å². The summed E-state index contributed by atoms with van der Waals surface area (Å²) in [5.74, 6) is -0.743. The minimum Gasteiger partial charge on any atom is -0.550 e. The lowest BCUT2D eigenvalue weighted by molar-refractivity contribution is -0.848. The molecular formula is C34H37N3O13. The van der Waals surface area contributed by atoms with Crippen LogP contribution >= 0.6 is 0 Å². The molecule has 0 radical (unpaired) electrons. The number of esters is 1. The number of rotatable bonds is 11. The van der Waals surface area contributed by atoms with Crippen LogP contribution in [0.25, 0.3) is 0 Å². The van der Waals surface area contributed by atoms with E-state index in [0.29, 0.717) is 36.1 Å². The molecule has 2 aromatic carbocycles. The maximum atomic E-state index is 12.1. The van der Waals surface area contributed by atoms with E-state index in [1.165, 1.54) is 0 Å². The first-order valence-corrected chi connectivity index (χ1v) is 16.1. The molecule has 5 aliphatic rings. The van der Waals surface area contributed by atoms with Gasteiger partial charge in [0.25, 0.3) is 0 Å². The molecule has 0 spiro atoms. The lowest BCUT2D eigenvalue weighted by Gasteiger charge is -2.42. The normalized spacial score (nSPS) is 29.2. The molecular weight excluding hydrogens is 658 g/mol. The van der Waals surface area contributed by atoms with Gasteiger partial charge in [-0.3, -0.25) is 14.7 Å². The van der Waals surface area contributed by atoms with Gasteiger partial charge in [-0.05, 0) is 18.2 Å². The molecule has 16 nitrogen and oxygen atoms in total. The van der Waals surface area contributed by atoms with Gasteiger partial charge in [0.1, 0.15) is 73.1 Å². The molecule has 0 saturated carbocycles. The standard InChI is InChI=1S/C34H37N3O13/c1-44-21-4-3-18-19-14-46-22-8-17(47-34-29(43)27(41)28(42)32(50-34)23(10-35)48-25(40)9-24(38)39)7-16(12-37-11-15-5-6-36-20(15)13-37)26(22)30(19)49-31(18)33(21)45-2/h3-8,11,19,23,27-30,32,34,41-43H,9-10,12-14,35H2,1-2H3,(H,38,39). The topological polar surface area (TPSA) is 225 Å². The number of methoxy groups -OCH3 is 2. The zero-order valence-corrected chi connectivity index (χ0v) is 27.1. The van der Waals surface area contributed by atoms with Gasteiger partial charge in [-0.15, -0.1) is 0 Å². The molecule has 9 unspecified atom stereocenters. The summed E-state index contributed by atoms with van der Waals surface area (Å²) < 4.78 is 41.2. The van der Waals surface area contributed by atoms with Crippen molar-refractivity contribution in [1.82, 2.24) is 0 Å². The number of carboxylic acid groups (broad SMARTS) is 1. The van der Waals surface area contributed by atoms with E-state index in [1.54, 1.807) is 32.6 Å². The fraction of sp³-hybridized carbons (Fsp3) is 0.441. The van der Waals surface area contributed by atoms with Gasteiger partial charge in [-0.25, -0.2) is 0 Å². The molecule has 50 heavy (non-hydrogen) atoms. The molecule has 1 saturated heterocycles. The van der Waals surface area contributed by atoms with E-state index in [0.717, 1.165) is 32.9 Å². The molecule has 0 aliphatic carbocycles. The highest BCUT2D eigenvalue weighted by Crippen LogP contribution is 2.57. The predicted octanol–water partition coefficient (Wildman–Crippen LogP) is -2.24. The minimum absolute atomic E-state index is 0.157. The molecule has 266 valence electrons. The van der Waals surface area contributed by atoms with Crippen LogP contribution in [0.15, 0.2) is 53.3 Å². The number of carbonyl (C=O) groups is 2. The summed E-state index contributed by atoms with van der Waals surface area (Å²) in [6, 6.07) is 7.17. The minimum atomic E-state index is -1.80. The first-order chi connectivity index (χ1) is 24.1.